The molecule has 1 aromatic heterocycles. The first-order valence-corrected chi connectivity index (χ1v) is 13.2. The smallest absolute Gasteiger partial charge is 0.475 e. The number of anilines is 1. The van der Waals surface area contributed by atoms with Crippen LogP contribution in [0, 0.1) is 6.92 Å². The molecule has 41 heavy (non-hydrogen) atoms. The first-order chi connectivity index (χ1) is 19.0. The topological polar surface area (TPSA) is 222 Å². The van der Waals surface area contributed by atoms with Crippen LogP contribution in [0.4, 0.5) is 18.9 Å². The highest BCUT2D eigenvalue weighted by Crippen LogP contribution is 2.22. The number of sulfonamides is 1. The number of hydrogen-bond acceptors (Lipinski definition) is 7. The first kappa shape index (κ1) is 32.4. The maximum Gasteiger partial charge on any atom is 0.490 e. The van der Waals surface area contributed by atoms with Crippen LogP contribution in [-0.2, 0) is 30.2 Å². The van der Waals surface area contributed by atoms with Crippen molar-refractivity contribution < 1.29 is 41.1 Å². The van der Waals surface area contributed by atoms with Crippen LogP contribution in [0.2, 0.25) is 0 Å². The summed E-state index contributed by atoms with van der Waals surface area (Å²) in [7, 11) is -3.96. The number of rotatable bonds is 10. The highest BCUT2D eigenvalue weighted by molar-refractivity contribution is 7.91. The highest BCUT2D eigenvalue weighted by atomic mass is 32.2. The number of aryl methyl sites for hydroxylation is 1. The molecule has 1 heterocycles. The number of benzene rings is 2. The van der Waals surface area contributed by atoms with Gasteiger partial charge in [0.15, 0.2) is 0 Å². The number of nitrogens with one attached hydrogen (secondary N) is 1. The van der Waals surface area contributed by atoms with Crippen molar-refractivity contribution in [3.8, 4) is 0 Å². The van der Waals surface area contributed by atoms with E-state index in [9.17, 15) is 31.2 Å². The second kappa shape index (κ2) is 13.5. The molecule has 0 saturated carbocycles. The molecule has 17 heteroatoms. The van der Waals surface area contributed by atoms with E-state index < -0.39 is 39.7 Å². The first-order valence-electron chi connectivity index (χ1n) is 11.5. The predicted octanol–water partition coefficient (Wildman–Crippen LogP) is 1.51. The third kappa shape index (κ3) is 9.41. The van der Waals surface area contributed by atoms with Crippen LogP contribution in [0.5, 0.6) is 0 Å². The highest BCUT2D eigenvalue weighted by Gasteiger charge is 2.38. The molecule has 2 aromatic carbocycles. The number of oxime groups is 1. The quantitative estimate of drug-likeness (QED) is 0.0983. The summed E-state index contributed by atoms with van der Waals surface area (Å²) in [6.07, 6.45) is -5.10. The van der Waals surface area contributed by atoms with E-state index in [4.69, 9.17) is 31.9 Å². The molecular weight excluding hydrogens is 573 g/mol. The Bertz CT molecular complexity index is 1600. The number of guanidine groups is 1. The molecule has 1 atom stereocenters. The molecule has 13 nitrogen and oxygen atoms in total. The van der Waals surface area contributed by atoms with Gasteiger partial charge in [0, 0.05) is 12.1 Å². The van der Waals surface area contributed by atoms with E-state index in [1.807, 2.05) is 30.3 Å². The minimum atomic E-state index is -5.08. The van der Waals surface area contributed by atoms with Crippen molar-refractivity contribution in [1.29, 1.82) is 0 Å². The predicted molar refractivity (Wildman–Crippen MR) is 144 cm³/mol. The van der Waals surface area contributed by atoms with Crippen LogP contribution in [0.15, 0.2) is 64.5 Å². The van der Waals surface area contributed by atoms with E-state index in [1.54, 1.807) is 19.1 Å². The van der Waals surface area contributed by atoms with Gasteiger partial charge in [0.25, 0.3) is 5.56 Å². The van der Waals surface area contributed by atoms with Gasteiger partial charge < -0.3 is 27.1 Å². The van der Waals surface area contributed by atoms with Gasteiger partial charge in [-0.3, -0.25) is 18.9 Å². The van der Waals surface area contributed by atoms with Gasteiger partial charge in [0.1, 0.15) is 18.3 Å². The van der Waals surface area contributed by atoms with Crippen molar-refractivity contribution in [2.45, 2.75) is 31.3 Å². The summed E-state index contributed by atoms with van der Waals surface area (Å²) in [6, 6.07) is 14.5. The summed E-state index contributed by atoms with van der Waals surface area (Å²) < 4.78 is 61.1. The molecule has 0 aliphatic rings. The fraction of sp³-hybridized carbons (Fsp3) is 0.250. The van der Waals surface area contributed by atoms with E-state index in [2.05, 4.69) is 9.88 Å². The number of nitrogens with two attached hydrogens (primary N) is 3. The van der Waals surface area contributed by atoms with E-state index in [0.29, 0.717) is 11.3 Å². The molecule has 3 aromatic rings. The van der Waals surface area contributed by atoms with Gasteiger partial charge in [-0.1, -0.05) is 42.5 Å². The van der Waals surface area contributed by atoms with Crippen molar-refractivity contribution in [3.05, 3.63) is 76.2 Å². The molecule has 3 rings (SSSR count). The minimum absolute atomic E-state index is 0.0148. The molecule has 0 aliphatic heterocycles. The van der Waals surface area contributed by atoms with E-state index in [1.165, 1.54) is 12.1 Å². The van der Waals surface area contributed by atoms with Crippen LogP contribution in [-0.4, -0.2) is 48.7 Å². The molecule has 1 amide bonds. The Morgan fingerprint density at radius 3 is 2.27 bits per heavy atom. The van der Waals surface area contributed by atoms with Crippen molar-refractivity contribution in [1.82, 2.24) is 4.57 Å². The zero-order valence-electron chi connectivity index (χ0n) is 21.5. The molecule has 222 valence electrons. The minimum Gasteiger partial charge on any atom is -0.475 e. The van der Waals surface area contributed by atoms with Crippen molar-refractivity contribution in [2.24, 2.45) is 22.4 Å². The Hall–Kier alpha value is -4.80. The van der Waals surface area contributed by atoms with Crippen LogP contribution in [0.3, 0.4) is 0 Å². The lowest BCUT2D eigenvalue weighted by Gasteiger charge is -2.20. The summed E-state index contributed by atoms with van der Waals surface area (Å²) in [4.78, 5) is 39.0. The third-order valence-corrected chi connectivity index (χ3v) is 6.57. The number of carboxylic acids is 1. The Labute approximate surface area is 231 Å². The van der Waals surface area contributed by atoms with Gasteiger partial charge in [0.2, 0.25) is 21.9 Å². The third-order valence-electron chi connectivity index (χ3n) is 5.35. The van der Waals surface area contributed by atoms with Crippen LogP contribution < -0.4 is 27.5 Å². The Kier molecular flexibility index (Phi) is 10.7. The van der Waals surface area contributed by atoms with Crippen molar-refractivity contribution in [3.63, 3.8) is 0 Å². The molecule has 0 spiro atoms. The van der Waals surface area contributed by atoms with E-state index in [-0.39, 0.29) is 30.4 Å². The molecule has 8 N–H and O–H groups in total. The summed E-state index contributed by atoms with van der Waals surface area (Å²) in [5, 5.41) is 12.2. The lowest BCUT2D eigenvalue weighted by molar-refractivity contribution is -0.192. The Morgan fingerprint density at radius 1 is 1.07 bits per heavy atom. The lowest BCUT2D eigenvalue weighted by Crippen LogP contribution is -2.37. The number of fused-ring (bicyclic) bond motifs is 1. The SMILES string of the molecule is Cc1ccc(NS(=O)(=O)Cc2cccc3ccccc23)c(=O)n1C(CCON=C(N)N)C(N)=O.O=C(O)C(F)(F)F. The standard InChI is InChI=1S/C22H26N6O5S.C2HF3O2/c1-14-9-10-18(21(30)28(14)19(20(23)29)11-12-33-26-22(24)25)27-34(31,32)13-16-7-4-6-15-5-2-3-8-17(15)16;3-2(4,5)1(6)7/h2-10,19,27H,11-13H2,1H3,(H2,23,29)(H4,24,25,26);(H,6,7). The molecule has 0 fully saturated rings. The number of primary amides is 1. The number of amides is 1. The number of nitrogens with zero attached hydrogens (tertiary/aromatic N) is 2. The normalized spacial score (nSPS) is 12.0. The van der Waals surface area contributed by atoms with E-state index >= 15 is 0 Å². The summed E-state index contributed by atoms with van der Waals surface area (Å²) in [5.41, 5.74) is 15.9. The largest absolute Gasteiger partial charge is 0.490 e. The average molecular weight is 601 g/mol. The van der Waals surface area contributed by atoms with Gasteiger partial charge in [-0.2, -0.15) is 13.2 Å². The number of aliphatic carboxylic acids is 1. The summed E-state index contributed by atoms with van der Waals surface area (Å²) in [5.74, 6) is -4.19. The number of aromatic nitrogens is 1. The maximum atomic E-state index is 13.1. The second-order valence-electron chi connectivity index (χ2n) is 8.42. The summed E-state index contributed by atoms with van der Waals surface area (Å²) >= 11 is 0. The summed E-state index contributed by atoms with van der Waals surface area (Å²) in [6.45, 7) is 1.50. The van der Waals surface area contributed by atoms with Gasteiger partial charge in [-0.15, -0.1) is 0 Å². The second-order valence-corrected chi connectivity index (χ2v) is 10.1. The van der Waals surface area contributed by atoms with Crippen LogP contribution in [0.1, 0.15) is 23.7 Å². The molecular formula is C24H27F3N6O7S. The average Bonchev–Trinajstić information content (AvgIpc) is 2.86. The van der Waals surface area contributed by atoms with Gasteiger partial charge in [-0.25, -0.2) is 13.2 Å². The van der Waals surface area contributed by atoms with E-state index in [0.717, 1.165) is 15.3 Å². The van der Waals surface area contributed by atoms with Gasteiger partial charge in [-0.05, 0) is 40.5 Å². The Balaban J connectivity index is 0.000000745. The molecule has 0 radical (unpaired) electrons. The van der Waals surface area contributed by atoms with Crippen LogP contribution >= 0.6 is 0 Å². The Morgan fingerprint density at radius 2 is 1.68 bits per heavy atom. The lowest BCUT2D eigenvalue weighted by atomic mass is 10.1. The number of hydrogen-bond donors (Lipinski definition) is 5. The fourth-order valence-electron chi connectivity index (χ4n) is 3.62. The maximum absolute atomic E-state index is 13.1. The zero-order chi connectivity index (χ0) is 31.0. The number of carbonyl (C=O) groups excluding carboxylic acids is 1. The molecule has 0 saturated heterocycles. The van der Waals surface area contributed by atoms with Crippen molar-refractivity contribution in [2.75, 3.05) is 11.3 Å². The monoisotopic (exact) mass is 600 g/mol. The number of carboxylic acid groups (broad SMARTS) is 1. The molecule has 1 unspecified atom stereocenters. The molecule has 0 bridgehead atoms. The zero-order valence-corrected chi connectivity index (χ0v) is 22.3. The van der Waals surface area contributed by atoms with Gasteiger partial charge in [0.05, 0.1) is 5.75 Å². The number of alkyl halides is 3. The number of pyridine rings is 1. The molecule has 0 aliphatic carbocycles. The van der Waals surface area contributed by atoms with Gasteiger partial charge >= 0.3 is 12.1 Å². The fourth-order valence-corrected chi connectivity index (χ4v) is 4.84. The van der Waals surface area contributed by atoms with Crippen LogP contribution in [0.25, 0.3) is 10.8 Å². The number of carbonyl (C=O) groups is 2. The van der Waals surface area contributed by atoms with Crippen molar-refractivity contribution >= 4 is 44.3 Å². The number of halogens is 3.